The number of phenols is 1. The van der Waals surface area contributed by atoms with Gasteiger partial charge in [-0.05, 0) is 54.4 Å². The van der Waals surface area contributed by atoms with Crippen molar-refractivity contribution in [2.45, 2.75) is 6.92 Å². The van der Waals surface area contributed by atoms with Crippen molar-refractivity contribution in [1.29, 1.82) is 0 Å². The molecule has 0 unspecified atom stereocenters. The minimum Gasteiger partial charge on any atom is -0.508 e. The predicted molar refractivity (Wildman–Crippen MR) is 155 cm³/mol. The molecule has 4 aromatic rings. The number of piperazine rings is 1. The molecule has 206 valence electrons. The van der Waals surface area contributed by atoms with Crippen molar-refractivity contribution in [2.75, 3.05) is 55.0 Å². The van der Waals surface area contributed by atoms with Crippen LogP contribution >= 0.6 is 0 Å². The number of hydrogen-bond donors (Lipinski definition) is 5. The first-order valence-electron chi connectivity index (χ1n) is 13.1. The van der Waals surface area contributed by atoms with Gasteiger partial charge in [0.15, 0.2) is 0 Å². The van der Waals surface area contributed by atoms with Gasteiger partial charge in [0.2, 0.25) is 5.95 Å². The number of carbonyl (C=O) groups excluding carboxylic acids is 1. The molecule has 5 rings (SSSR count). The van der Waals surface area contributed by atoms with Crippen molar-refractivity contribution < 1.29 is 15.0 Å². The average molecular weight is 541 g/mol. The summed E-state index contributed by atoms with van der Waals surface area (Å²) in [4.78, 5) is 30.3. The van der Waals surface area contributed by atoms with Crippen LogP contribution in [0.5, 0.6) is 5.75 Å². The number of rotatable bonds is 9. The molecule has 1 aliphatic heterocycles. The van der Waals surface area contributed by atoms with E-state index in [0.717, 1.165) is 60.2 Å². The Morgan fingerprint density at radius 1 is 0.925 bits per heavy atom. The normalized spacial score (nSPS) is 13.6. The van der Waals surface area contributed by atoms with Crippen molar-refractivity contribution in [3.05, 3.63) is 84.3 Å². The van der Waals surface area contributed by atoms with Gasteiger partial charge in [-0.1, -0.05) is 24.3 Å². The summed E-state index contributed by atoms with van der Waals surface area (Å²) in [6.45, 7) is 6.02. The van der Waals surface area contributed by atoms with E-state index in [-0.39, 0.29) is 18.1 Å². The number of pyridine rings is 1. The van der Waals surface area contributed by atoms with Crippen LogP contribution < -0.4 is 21.1 Å². The van der Waals surface area contributed by atoms with Gasteiger partial charge in [-0.25, -0.2) is 9.97 Å². The lowest BCUT2D eigenvalue weighted by Crippen LogP contribution is -2.47. The maximum atomic E-state index is 12.7. The number of nitrogens with one attached hydrogen (secondary N) is 3. The van der Waals surface area contributed by atoms with Gasteiger partial charge >= 0.3 is 0 Å². The Hall–Kier alpha value is -4.74. The third kappa shape index (κ3) is 6.82. The first-order chi connectivity index (χ1) is 19.5. The molecule has 2 aromatic heterocycles. The van der Waals surface area contributed by atoms with E-state index in [1.54, 1.807) is 30.5 Å². The number of aromatic hydroxyl groups is 1. The van der Waals surface area contributed by atoms with Crippen LogP contribution in [-0.2, 0) is 0 Å². The number of hydrogen-bond acceptors (Lipinski definition) is 10. The molecular formula is C29H32N8O3. The predicted octanol–water partition coefficient (Wildman–Crippen LogP) is 3.17. The Labute approximate surface area is 232 Å². The number of hydrazine groups is 1. The summed E-state index contributed by atoms with van der Waals surface area (Å²) in [7, 11) is 0. The van der Waals surface area contributed by atoms with Gasteiger partial charge in [-0.3, -0.25) is 20.5 Å². The van der Waals surface area contributed by atoms with Gasteiger partial charge in [0.1, 0.15) is 17.3 Å². The van der Waals surface area contributed by atoms with E-state index >= 15 is 0 Å². The van der Waals surface area contributed by atoms with Crippen molar-refractivity contribution in [1.82, 2.24) is 25.3 Å². The minimum absolute atomic E-state index is 0.158. The third-order valence-electron chi connectivity index (χ3n) is 6.59. The molecule has 11 heteroatoms. The van der Waals surface area contributed by atoms with Crippen LogP contribution in [0.4, 0.5) is 23.1 Å². The lowest BCUT2D eigenvalue weighted by atomic mass is 10.1. The molecule has 0 atom stereocenters. The lowest BCUT2D eigenvalue weighted by molar-refractivity contribution is 0.0957. The average Bonchev–Trinajstić information content (AvgIpc) is 2.97. The number of aliphatic hydroxyl groups is 1. The number of benzene rings is 2. The van der Waals surface area contributed by atoms with Gasteiger partial charge in [-0.15, -0.1) is 0 Å². The van der Waals surface area contributed by atoms with E-state index in [0.29, 0.717) is 12.5 Å². The zero-order chi connectivity index (χ0) is 27.9. The van der Waals surface area contributed by atoms with Gasteiger partial charge in [0, 0.05) is 50.2 Å². The third-order valence-corrected chi connectivity index (χ3v) is 6.59. The zero-order valence-electron chi connectivity index (χ0n) is 22.2. The van der Waals surface area contributed by atoms with Gasteiger partial charge in [-0.2, -0.15) is 4.98 Å². The fourth-order valence-electron chi connectivity index (χ4n) is 4.49. The second-order valence-electron chi connectivity index (χ2n) is 9.51. The van der Waals surface area contributed by atoms with Gasteiger partial charge in [0.25, 0.3) is 5.91 Å². The van der Waals surface area contributed by atoms with Crippen molar-refractivity contribution in [3.8, 4) is 16.9 Å². The summed E-state index contributed by atoms with van der Waals surface area (Å²) in [5.41, 5.74) is 9.98. The Bertz CT molecular complexity index is 1440. The van der Waals surface area contributed by atoms with Crippen molar-refractivity contribution in [3.63, 3.8) is 0 Å². The first kappa shape index (κ1) is 26.9. The minimum atomic E-state index is -0.411. The number of nitrogens with zero attached hydrogens (tertiary/aromatic N) is 5. The van der Waals surface area contributed by atoms with E-state index < -0.39 is 5.91 Å². The van der Waals surface area contributed by atoms with Crippen LogP contribution in [0.1, 0.15) is 16.2 Å². The molecule has 3 heterocycles. The molecule has 1 aliphatic rings. The van der Waals surface area contributed by atoms with Crippen LogP contribution in [0.3, 0.4) is 0 Å². The largest absolute Gasteiger partial charge is 0.508 e. The zero-order valence-corrected chi connectivity index (χ0v) is 22.2. The van der Waals surface area contributed by atoms with E-state index in [9.17, 15) is 9.90 Å². The Balaban J connectivity index is 1.15. The lowest BCUT2D eigenvalue weighted by Gasteiger charge is -2.35. The smallest absolute Gasteiger partial charge is 0.288 e. The number of carbonyl (C=O) groups is 1. The maximum absolute atomic E-state index is 12.7. The molecule has 2 aromatic carbocycles. The number of phenolic OH excluding ortho intramolecular Hbond substituents is 1. The van der Waals surface area contributed by atoms with Crippen LogP contribution in [0.2, 0.25) is 0 Å². The van der Waals surface area contributed by atoms with Crippen LogP contribution in [0, 0.1) is 6.92 Å². The first-order valence-corrected chi connectivity index (χ1v) is 13.1. The number of aliphatic hydroxyl groups excluding tert-OH is 1. The monoisotopic (exact) mass is 540 g/mol. The summed E-state index contributed by atoms with van der Waals surface area (Å²) in [5, 5.41) is 22.1. The van der Waals surface area contributed by atoms with E-state index in [1.165, 1.54) is 0 Å². The molecule has 0 bridgehead atoms. The van der Waals surface area contributed by atoms with E-state index in [1.807, 2.05) is 49.4 Å². The SMILES string of the molecule is Cc1cc(N2CCN(CCO)CC2)nc(NNC(=O)c2ccc(Nc3ccc(-c4cccc(O)c4)cc3)cn2)n1. The summed E-state index contributed by atoms with van der Waals surface area (Å²) >= 11 is 0. The highest BCUT2D eigenvalue weighted by Gasteiger charge is 2.19. The van der Waals surface area contributed by atoms with Crippen molar-refractivity contribution in [2.24, 2.45) is 0 Å². The van der Waals surface area contributed by atoms with E-state index in [2.05, 4.69) is 40.9 Å². The summed E-state index contributed by atoms with van der Waals surface area (Å²) < 4.78 is 0. The van der Waals surface area contributed by atoms with E-state index in [4.69, 9.17) is 5.11 Å². The molecule has 5 N–H and O–H groups in total. The molecule has 0 aliphatic carbocycles. The maximum Gasteiger partial charge on any atom is 0.288 e. The quantitative estimate of drug-likeness (QED) is 0.201. The standard InChI is InChI=1S/C29H32N8O3/c1-20-17-27(37-13-11-36(12-14-37)15-16-38)33-29(31-20)35-34-28(40)26-10-9-24(19-30-26)32-23-7-5-21(6-8-23)22-3-2-4-25(39)18-22/h2-10,17-19,32,38-39H,11-16H2,1H3,(H,34,40)(H,31,33,35). The topological polar surface area (TPSA) is 139 Å². The van der Waals surface area contributed by atoms with Crippen LogP contribution in [0.25, 0.3) is 11.1 Å². The fraction of sp³-hybridized carbons (Fsp3) is 0.241. The molecule has 0 saturated carbocycles. The summed E-state index contributed by atoms with van der Waals surface area (Å²) in [5.74, 6) is 0.905. The number of anilines is 4. The number of aryl methyl sites for hydroxylation is 1. The molecule has 1 fully saturated rings. The highest BCUT2D eigenvalue weighted by Crippen LogP contribution is 2.25. The molecule has 11 nitrogen and oxygen atoms in total. The van der Waals surface area contributed by atoms with Gasteiger partial charge in [0.05, 0.1) is 18.5 Å². The molecular weight excluding hydrogens is 508 g/mol. The Morgan fingerprint density at radius 2 is 1.70 bits per heavy atom. The second-order valence-corrected chi connectivity index (χ2v) is 9.51. The van der Waals surface area contributed by atoms with Crippen LogP contribution in [-0.4, -0.2) is 75.3 Å². The number of amides is 1. The second kappa shape index (κ2) is 12.4. The summed E-state index contributed by atoms with van der Waals surface area (Å²) in [6, 6.07) is 20.3. The highest BCUT2D eigenvalue weighted by atomic mass is 16.3. The summed E-state index contributed by atoms with van der Waals surface area (Å²) in [6.07, 6.45) is 1.59. The fourth-order valence-corrected chi connectivity index (χ4v) is 4.49. The van der Waals surface area contributed by atoms with Crippen LogP contribution in [0.15, 0.2) is 72.9 Å². The Kier molecular flexibility index (Phi) is 8.33. The molecule has 1 amide bonds. The highest BCUT2D eigenvalue weighted by molar-refractivity contribution is 5.93. The molecule has 40 heavy (non-hydrogen) atoms. The van der Waals surface area contributed by atoms with Gasteiger partial charge < -0.3 is 20.4 Å². The Morgan fingerprint density at radius 3 is 2.40 bits per heavy atom. The molecule has 1 saturated heterocycles. The number of β-amino-alcohol motifs (C(OH)–C–C–N with tert-alkyl or cyclic N) is 1. The number of aromatic nitrogens is 3. The van der Waals surface area contributed by atoms with Crippen molar-refractivity contribution >= 4 is 29.0 Å². The molecule has 0 spiro atoms. The molecule has 0 radical (unpaired) electrons.